The molecule has 80 heavy (non-hydrogen) atoms. The lowest BCUT2D eigenvalue weighted by Gasteiger charge is -2.30. The lowest BCUT2D eigenvalue weighted by molar-refractivity contribution is -0.362. The normalized spacial score (nSPS) is 14.6. The van der Waals surface area contributed by atoms with Crippen LogP contribution in [0.2, 0.25) is 0 Å². The minimum atomic E-state index is -4.57. The number of ether oxygens (including phenoxy) is 5. The van der Waals surface area contributed by atoms with Crippen molar-refractivity contribution in [1.82, 2.24) is 20.4 Å². The number of rotatable bonds is 40. The molecule has 22 nitrogen and oxygen atoms in total. The van der Waals surface area contributed by atoms with Crippen LogP contribution in [0.3, 0.4) is 0 Å². The average molecular weight is 1140 g/mol. The monoisotopic (exact) mass is 1140 g/mol. The number of nitrogens with one attached hydrogen (secondary N) is 3. The number of aryl methyl sites for hydroxylation is 2. The smallest absolute Gasteiger partial charge is 0.463 e. The minimum absolute atomic E-state index is 0.0343. The number of allylic oxidation sites excluding steroid dienone is 2. The zero-order chi connectivity index (χ0) is 57.8. The molecule has 0 saturated heterocycles. The molecule has 0 saturated carbocycles. The number of carbonyl (C=O) groups excluding carboxylic acids is 4. The lowest BCUT2D eigenvalue weighted by atomic mass is 9.90. The molecule has 2 aliphatic rings. The lowest BCUT2D eigenvalue weighted by Crippen LogP contribution is -2.50. The third kappa shape index (κ3) is 22.9. The van der Waals surface area contributed by atoms with E-state index in [1.54, 1.807) is 55.5 Å². The predicted octanol–water partition coefficient (Wildman–Crippen LogP) is 6.85. The fourth-order valence-corrected chi connectivity index (χ4v) is 9.15. The number of azo groups is 1. The molecule has 3 amide bonds. The van der Waals surface area contributed by atoms with Gasteiger partial charge in [-0.15, -0.1) is 0 Å². The second-order valence-electron chi connectivity index (χ2n) is 19.2. The molecule has 0 aliphatic carbocycles. The van der Waals surface area contributed by atoms with Crippen LogP contribution in [-0.4, -0.2) is 168 Å². The Morgan fingerprint density at radius 1 is 0.700 bits per heavy atom. The molecular formula is C54H78BF2N8O14P. The number of benzene rings is 2. The maximum Gasteiger partial charge on any atom is 0.737 e. The van der Waals surface area contributed by atoms with Crippen LogP contribution in [0.4, 0.5) is 25.7 Å². The van der Waals surface area contributed by atoms with Crippen molar-refractivity contribution in [3.8, 4) is 0 Å². The van der Waals surface area contributed by atoms with E-state index in [9.17, 15) is 33.7 Å². The van der Waals surface area contributed by atoms with Crippen molar-refractivity contribution in [1.29, 1.82) is 0 Å². The topological polar surface area (TPSA) is 262 Å². The zero-order valence-electron chi connectivity index (χ0n) is 46.3. The molecule has 0 bridgehead atoms. The molecule has 0 fully saturated rings. The molecule has 0 spiro atoms. The molecule has 5 N–H and O–H groups in total. The Morgan fingerprint density at radius 2 is 1.29 bits per heavy atom. The quantitative estimate of drug-likeness (QED) is 0.0128. The summed E-state index contributed by atoms with van der Waals surface area (Å²) in [5.74, 6) is -1.26. The van der Waals surface area contributed by atoms with E-state index in [0.717, 1.165) is 32.3 Å². The van der Waals surface area contributed by atoms with E-state index in [0.29, 0.717) is 125 Å². The Hall–Kier alpha value is -6.02. The highest BCUT2D eigenvalue weighted by molar-refractivity contribution is 7.47. The number of unbranched alkanes of at least 4 members (excludes halogenated alkanes) is 4. The number of phosphoric acid groups is 1. The van der Waals surface area contributed by atoms with E-state index in [4.69, 9.17) is 32.7 Å². The molecule has 26 heteroatoms. The Bertz CT molecular complexity index is 2640. The molecule has 0 radical (unpaired) electrons. The van der Waals surface area contributed by atoms with E-state index in [1.807, 2.05) is 50.2 Å². The van der Waals surface area contributed by atoms with E-state index < -0.39 is 40.1 Å². The average Bonchev–Trinajstić information content (AvgIpc) is 4.08. The Morgan fingerprint density at radius 3 is 1.96 bits per heavy atom. The van der Waals surface area contributed by atoms with Gasteiger partial charge in [0.25, 0.3) is 5.91 Å². The molecule has 5 rings (SSSR count). The number of aliphatic hydroxyl groups is 1. The van der Waals surface area contributed by atoms with E-state index >= 15 is 8.63 Å². The van der Waals surface area contributed by atoms with Gasteiger partial charge in [-0.25, -0.2) is 4.57 Å². The van der Waals surface area contributed by atoms with Gasteiger partial charge in [0.05, 0.1) is 77.4 Å². The largest absolute Gasteiger partial charge is 0.737 e. The first-order valence-corrected chi connectivity index (χ1v) is 28.6. The maximum atomic E-state index is 15.6. The molecule has 440 valence electrons. The first kappa shape index (κ1) is 64.8. The van der Waals surface area contributed by atoms with E-state index in [1.165, 1.54) is 0 Å². The molecule has 3 heterocycles. The first-order valence-electron chi connectivity index (χ1n) is 27.1. The van der Waals surface area contributed by atoms with Gasteiger partial charge >= 0.3 is 20.8 Å². The van der Waals surface area contributed by atoms with Crippen molar-refractivity contribution in [3.63, 3.8) is 0 Å². The third-order valence-corrected chi connectivity index (χ3v) is 13.6. The van der Waals surface area contributed by atoms with Gasteiger partial charge < -0.3 is 72.1 Å². The van der Waals surface area contributed by atoms with Crippen LogP contribution in [0, 0.1) is 13.8 Å². The van der Waals surface area contributed by atoms with Crippen LogP contribution in [0.25, 0.3) is 6.08 Å². The number of carbonyl (C=O) groups is 4. The number of aliphatic hydroxyl groups excluding tert-OH is 1. The summed E-state index contributed by atoms with van der Waals surface area (Å²) in [6, 6.07) is 16.3. The van der Waals surface area contributed by atoms with Gasteiger partial charge in [-0.1, -0.05) is 12.8 Å². The van der Waals surface area contributed by atoms with Crippen LogP contribution >= 0.6 is 7.82 Å². The highest BCUT2D eigenvalue weighted by Crippen LogP contribution is 2.43. The summed E-state index contributed by atoms with van der Waals surface area (Å²) in [5.41, 5.74) is 5.83. The predicted molar refractivity (Wildman–Crippen MR) is 298 cm³/mol. The number of amides is 3. The zero-order valence-corrected chi connectivity index (χ0v) is 47.2. The van der Waals surface area contributed by atoms with Crippen LogP contribution in [0.1, 0.15) is 91.5 Å². The highest BCUT2D eigenvalue weighted by atomic mass is 31.2. The van der Waals surface area contributed by atoms with Crippen molar-refractivity contribution in [2.45, 2.75) is 84.2 Å². The highest BCUT2D eigenvalue weighted by Gasteiger charge is 2.52. The molecule has 2 aliphatic heterocycles. The molecule has 2 aromatic carbocycles. The number of aromatic nitrogens is 1. The van der Waals surface area contributed by atoms with Crippen molar-refractivity contribution < 1.29 is 79.6 Å². The second-order valence-corrected chi connectivity index (χ2v) is 20.6. The number of fused-ring (bicyclic) bond motifs is 2. The van der Waals surface area contributed by atoms with Gasteiger partial charge in [0, 0.05) is 94.6 Å². The van der Waals surface area contributed by atoms with Crippen LogP contribution in [0.5, 0.6) is 0 Å². The van der Waals surface area contributed by atoms with Crippen molar-refractivity contribution in [3.05, 3.63) is 95.0 Å². The van der Waals surface area contributed by atoms with Crippen molar-refractivity contribution in [2.75, 3.05) is 111 Å². The second kappa shape index (κ2) is 34.3. The molecule has 2 unspecified atom stereocenters. The number of nitrogens with zero attached hydrogens (tertiary/aromatic N) is 5. The number of hydrogen-bond donors (Lipinski definition) is 5. The number of esters is 1. The summed E-state index contributed by atoms with van der Waals surface area (Å²) in [5, 5.41) is 26.8. The fraction of sp³-hybridized carbons (Fsp3) is 0.537. The summed E-state index contributed by atoms with van der Waals surface area (Å²) < 4.78 is 82.2. The van der Waals surface area contributed by atoms with Gasteiger partial charge in [-0.05, 0) is 105 Å². The number of phosphoric ester groups is 1. The molecule has 3 aromatic rings. The maximum absolute atomic E-state index is 15.6. The van der Waals surface area contributed by atoms with Gasteiger partial charge in [0.1, 0.15) is 18.4 Å². The van der Waals surface area contributed by atoms with Crippen molar-refractivity contribution >= 4 is 67.3 Å². The molecule has 1 aromatic heterocycles. The van der Waals surface area contributed by atoms with Crippen LogP contribution in [-0.2, 0) is 51.7 Å². The summed E-state index contributed by atoms with van der Waals surface area (Å²) in [6.45, 7) is 1.14. The van der Waals surface area contributed by atoms with E-state index in [2.05, 4.69) is 26.2 Å². The van der Waals surface area contributed by atoms with E-state index in [-0.39, 0.29) is 63.5 Å². The number of hydrogen-bond acceptors (Lipinski definition) is 16. The summed E-state index contributed by atoms with van der Waals surface area (Å²) in [6.07, 6.45) is 8.57. The SMILES string of the molecule is Cc1cc(C)n2c1C=C1C=CC(CCCCC(=O)NCCCCCCC(=O)OCC(O)COP(=O)(O)OCCNC(=O)CCOCCOCCOCCOCCNC(=O)c3ccc(N=Nc4ccc(N(C)C)cc4)cc3)=[N+]1[B-]2(F)F. The van der Waals surface area contributed by atoms with Crippen LogP contribution < -0.4 is 20.9 Å². The summed E-state index contributed by atoms with van der Waals surface area (Å²) >= 11 is 0. The van der Waals surface area contributed by atoms with Gasteiger partial charge in [-0.2, -0.15) is 10.2 Å². The Balaban J connectivity index is 0.742. The minimum Gasteiger partial charge on any atom is -0.463 e. The van der Waals surface area contributed by atoms with Gasteiger partial charge in [-0.3, -0.25) is 28.2 Å². The standard InChI is InChI=1S/C54H78BF2N8O14P/c1-41-37-42(2)64-50(41)38-48-23-22-47(65(48)55(64,56)57)11-8-9-12-51(67)58-25-10-6-5-7-13-53(69)77-39-49(66)40-79-80(71,72)78-30-27-59-52(68)24-28-73-31-33-75-35-36-76-34-32-74-29-26-60-54(70)43-14-16-44(17-15-43)61-62-45-18-20-46(21-19-45)63(3)4/h14-23,37-38,49,66H,5-13,24-36,39-40H2,1-4H3,(H,58,67)(H,59,68)(H,60,70)(H,71,72). The van der Waals surface area contributed by atoms with Gasteiger partial charge in [0.15, 0.2) is 5.70 Å². The Kier molecular flexibility index (Phi) is 27.8. The Labute approximate surface area is 466 Å². The summed E-state index contributed by atoms with van der Waals surface area (Å²) in [4.78, 5) is 60.9. The van der Waals surface area contributed by atoms with Gasteiger partial charge in [0.2, 0.25) is 11.8 Å². The summed E-state index contributed by atoms with van der Waals surface area (Å²) in [7, 11) is -0.639. The number of anilines is 1. The first-order chi connectivity index (χ1) is 38.4. The third-order valence-electron chi connectivity index (χ3n) is 12.6. The molecule has 2 atom stereocenters. The number of halogens is 2. The van der Waals surface area contributed by atoms with Crippen LogP contribution in [0.15, 0.2) is 82.7 Å². The fourth-order valence-electron chi connectivity index (χ4n) is 8.40. The molecular weight excluding hydrogens is 1060 g/mol. The van der Waals surface area contributed by atoms with Crippen molar-refractivity contribution in [2.24, 2.45) is 10.2 Å².